The molecule has 0 saturated heterocycles. The van der Waals surface area contributed by atoms with Crippen molar-refractivity contribution < 1.29 is 15.3 Å². The van der Waals surface area contributed by atoms with Crippen LogP contribution < -0.4 is 5.32 Å². The molecule has 0 fully saturated rings. The Hall–Kier alpha value is 0.397. The van der Waals surface area contributed by atoms with Crippen LogP contribution >= 0.6 is 0 Å². The van der Waals surface area contributed by atoms with Gasteiger partial charge in [-0.15, -0.1) is 0 Å². The van der Waals surface area contributed by atoms with Crippen LogP contribution in [0.1, 0.15) is 27.7 Å². The Morgan fingerprint density at radius 2 is 1.06 bits per heavy atom. The molecule has 0 bridgehead atoms. The van der Waals surface area contributed by atoms with Crippen LogP contribution in [0.2, 0.25) is 0 Å². The van der Waals surface area contributed by atoms with Gasteiger partial charge >= 0.3 is 18.9 Å². The molecule has 0 aromatic rings. The van der Waals surface area contributed by atoms with Gasteiger partial charge < -0.3 is 20.6 Å². The Bertz CT molecular complexity index is 129. The molecular weight excluding hydrogens is 227 g/mol. The zero-order valence-electron chi connectivity index (χ0n) is 11.7. The van der Waals surface area contributed by atoms with Crippen LogP contribution in [-0.2, 0) is 0 Å². The van der Waals surface area contributed by atoms with Crippen LogP contribution in [0.3, 0.4) is 0 Å². The third-order valence-electron chi connectivity index (χ3n) is 1.92. The molecule has 0 aliphatic heterocycles. The molecule has 4 N–H and O–H groups in total. The average Bonchev–Trinajstić information content (AvgIpc) is 2.17. The van der Waals surface area contributed by atoms with Crippen LogP contribution in [-0.4, -0.2) is 90.6 Å². The van der Waals surface area contributed by atoms with Gasteiger partial charge in [-0.05, 0) is 0 Å². The van der Waals surface area contributed by atoms with Gasteiger partial charge in [0, 0.05) is 31.7 Å². The standard InChI is InChI=1S/C6H15NO3.C6H15N.Li.H/c8-4-1-7(2-5-9)3-6-10;1-5(2)7-6(3)4;;/h8-10H,1-6H2;5-7H,1-4H3;;. The van der Waals surface area contributed by atoms with E-state index in [0.29, 0.717) is 31.7 Å². The van der Waals surface area contributed by atoms with Gasteiger partial charge in [-0.2, -0.15) is 0 Å². The first-order valence-corrected chi connectivity index (χ1v) is 6.28. The topological polar surface area (TPSA) is 76.0 Å². The van der Waals surface area contributed by atoms with Gasteiger partial charge in [0.25, 0.3) is 0 Å². The van der Waals surface area contributed by atoms with Crippen molar-refractivity contribution in [3.63, 3.8) is 0 Å². The first kappa shape index (κ1) is 23.5. The SMILES string of the molecule is CC(C)NC(C)C.OCCN(CCO)CCO.[LiH]. The van der Waals surface area contributed by atoms with Crippen LogP contribution in [0.25, 0.3) is 0 Å². The molecule has 0 aliphatic carbocycles. The van der Waals surface area contributed by atoms with E-state index in [4.69, 9.17) is 15.3 Å². The zero-order valence-corrected chi connectivity index (χ0v) is 11.7. The summed E-state index contributed by atoms with van der Waals surface area (Å²) in [7, 11) is 0. The van der Waals surface area contributed by atoms with Crippen LogP contribution in [0.4, 0.5) is 0 Å². The number of aliphatic hydroxyl groups excluding tert-OH is 3. The number of hydrogen-bond donors (Lipinski definition) is 4. The molecule has 0 amide bonds. The normalized spacial score (nSPS) is 10.3. The number of nitrogens with zero attached hydrogens (tertiary/aromatic N) is 1. The second kappa shape index (κ2) is 17.4. The zero-order chi connectivity index (χ0) is 13.7. The number of aliphatic hydroxyl groups is 3. The van der Waals surface area contributed by atoms with Crippen molar-refractivity contribution in [2.24, 2.45) is 0 Å². The molecule has 6 heteroatoms. The second-order valence-electron chi connectivity index (χ2n) is 4.49. The minimum absolute atomic E-state index is 0. The molecule has 0 heterocycles. The molecule has 0 rings (SSSR count). The van der Waals surface area contributed by atoms with Crippen molar-refractivity contribution in [2.45, 2.75) is 39.8 Å². The van der Waals surface area contributed by atoms with Crippen molar-refractivity contribution in [3.05, 3.63) is 0 Å². The molecule has 0 spiro atoms. The van der Waals surface area contributed by atoms with E-state index >= 15 is 0 Å². The van der Waals surface area contributed by atoms with Crippen LogP contribution in [0.5, 0.6) is 0 Å². The van der Waals surface area contributed by atoms with Crippen LogP contribution in [0, 0.1) is 0 Å². The van der Waals surface area contributed by atoms with Crippen molar-refractivity contribution in [2.75, 3.05) is 39.5 Å². The first-order valence-electron chi connectivity index (χ1n) is 6.28. The average molecular weight is 258 g/mol. The van der Waals surface area contributed by atoms with E-state index in [1.165, 1.54) is 0 Å². The summed E-state index contributed by atoms with van der Waals surface area (Å²) in [5, 5.41) is 28.8. The van der Waals surface area contributed by atoms with Crippen LogP contribution in [0.15, 0.2) is 0 Å². The summed E-state index contributed by atoms with van der Waals surface area (Å²) in [6.45, 7) is 10.4. The van der Waals surface area contributed by atoms with E-state index in [1.807, 2.05) is 0 Å². The monoisotopic (exact) mass is 258 g/mol. The number of hydrogen-bond acceptors (Lipinski definition) is 5. The molecule has 0 saturated carbocycles. The van der Waals surface area contributed by atoms with E-state index in [-0.39, 0.29) is 38.7 Å². The second-order valence-corrected chi connectivity index (χ2v) is 4.49. The van der Waals surface area contributed by atoms with Gasteiger partial charge in [0.15, 0.2) is 0 Å². The van der Waals surface area contributed by atoms with Gasteiger partial charge in [0.2, 0.25) is 0 Å². The summed E-state index contributed by atoms with van der Waals surface area (Å²) in [4.78, 5) is 1.79. The Morgan fingerprint density at radius 1 is 0.778 bits per heavy atom. The Labute approximate surface area is 124 Å². The summed E-state index contributed by atoms with van der Waals surface area (Å²) in [5.41, 5.74) is 0. The van der Waals surface area contributed by atoms with Gasteiger partial charge in [-0.3, -0.25) is 4.90 Å². The van der Waals surface area contributed by atoms with E-state index in [1.54, 1.807) is 4.90 Å². The first-order chi connectivity index (χ1) is 7.97. The fourth-order valence-electron chi connectivity index (χ4n) is 1.43. The minimum atomic E-state index is 0. The quantitative estimate of drug-likeness (QED) is 0.421. The Kier molecular flexibility index (Phi) is 22.7. The van der Waals surface area contributed by atoms with E-state index < -0.39 is 0 Å². The van der Waals surface area contributed by atoms with E-state index in [2.05, 4.69) is 33.0 Å². The molecule has 0 atom stereocenters. The summed E-state index contributed by atoms with van der Waals surface area (Å²) < 4.78 is 0. The fraction of sp³-hybridized carbons (Fsp3) is 1.00. The van der Waals surface area contributed by atoms with Crippen molar-refractivity contribution in [3.8, 4) is 0 Å². The maximum atomic E-state index is 8.48. The third-order valence-corrected chi connectivity index (χ3v) is 1.92. The molecule has 0 radical (unpaired) electrons. The van der Waals surface area contributed by atoms with Gasteiger partial charge in [0.1, 0.15) is 0 Å². The molecule has 5 nitrogen and oxygen atoms in total. The summed E-state index contributed by atoms with van der Waals surface area (Å²) in [6, 6.07) is 1.25. The van der Waals surface area contributed by atoms with Gasteiger partial charge in [0.05, 0.1) is 19.8 Å². The third kappa shape index (κ3) is 21.7. The summed E-state index contributed by atoms with van der Waals surface area (Å²) >= 11 is 0. The number of rotatable bonds is 8. The molecule has 108 valence electrons. The predicted molar refractivity (Wildman–Crippen MR) is 78.3 cm³/mol. The molecule has 0 aromatic carbocycles. The summed E-state index contributed by atoms with van der Waals surface area (Å²) in [6.07, 6.45) is 0. The van der Waals surface area contributed by atoms with Gasteiger partial charge in [-0.1, -0.05) is 27.7 Å². The summed E-state index contributed by atoms with van der Waals surface area (Å²) in [5.74, 6) is 0. The fourth-order valence-corrected chi connectivity index (χ4v) is 1.43. The molecule has 0 aromatic heterocycles. The van der Waals surface area contributed by atoms with E-state index in [9.17, 15) is 0 Å². The molecular formula is C12H31LiN2O3. The van der Waals surface area contributed by atoms with Gasteiger partial charge in [-0.25, -0.2) is 0 Å². The van der Waals surface area contributed by atoms with E-state index in [0.717, 1.165) is 0 Å². The maximum absolute atomic E-state index is 8.48. The van der Waals surface area contributed by atoms with Crippen molar-refractivity contribution in [1.29, 1.82) is 0 Å². The van der Waals surface area contributed by atoms with Crippen molar-refractivity contribution >= 4 is 18.9 Å². The molecule has 18 heavy (non-hydrogen) atoms. The predicted octanol–water partition coefficient (Wildman–Crippen LogP) is -0.990. The Balaban J connectivity index is -0.000000251. The Morgan fingerprint density at radius 3 is 1.17 bits per heavy atom. The van der Waals surface area contributed by atoms with Crippen molar-refractivity contribution in [1.82, 2.24) is 10.2 Å². The molecule has 0 aliphatic rings. The molecule has 0 unspecified atom stereocenters. The number of nitrogens with one attached hydrogen (secondary N) is 1.